The molecule has 1 rings (SSSR count). The van der Waals surface area contributed by atoms with E-state index in [9.17, 15) is 14.4 Å². The zero-order valence-electron chi connectivity index (χ0n) is 9.38. The molecule has 3 amide bonds. The number of nitrogens with one attached hydrogen (secondary N) is 1. The summed E-state index contributed by atoms with van der Waals surface area (Å²) in [4.78, 5) is 34.3. The second kappa shape index (κ2) is 6.00. The first-order valence-electron chi connectivity index (χ1n) is 5.11. The second-order valence-corrected chi connectivity index (χ2v) is 3.59. The van der Waals surface area contributed by atoms with Gasteiger partial charge in [-0.15, -0.1) is 0 Å². The Morgan fingerprint density at radius 1 is 1.41 bits per heavy atom. The summed E-state index contributed by atoms with van der Waals surface area (Å²) in [6.45, 7) is 3.06. The quantitative estimate of drug-likeness (QED) is 0.641. The SMILES string of the molecule is CC1CN(C(=O)NC(=O)/C=C/C(=O)O)CCO1. The minimum atomic E-state index is -1.24. The average Bonchev–Trinajstić information content (AvgIpc) is 2.26. The summed E-state index contributed by atoms with van der Waals surface area (Å²) in [7, 11) is 0. The third kappa shape index (κ3) is 4.64. The van der Waals surface area contributed by atoms with E-state index in [0.717, 1.165) is 6.08 Å². The summed E-state index contributed by atoms with van der Waals surface area (Å²) in [6.07, 6.45) is 1.40. The topological polar surface area (TPSA) is 95.9 Å². The van der Waals surface area contributed by atoms with E-state index in [1.165, 1.54) is 4.90 Å². The molecule has 1 aliphatic heterocycles. The molecule has 7 heteroatoms. The first-order valence-corrected chi connectivity index (χ1v) is 5.11. The largest absolute Gasteiger partial charge is 0.478 e. The van der Waals surface area contributed by atoms with E-state index in [1.54, 1.807) is 0 Å². The number of urea groups is 1. The molecule has 94 valence electrons. The Bertz CT molecular complexity index is 353. The zero-order chi connectivity index (χ0) is 12.8. The Kier molecular flexibility index (Phi) is 4.65. The van der Waals surface area contributed by atoms with Crippen LogP contribution in [0, 0.1) is 0 Å². The molecule has 0 radical (unpaired) electrons. The lowest BCUT2D eigenvalue weighted by Crippen LogP contribution is -2.50. The lowest BCUT2D eigenvalue weighted by atomic mass is 10.3. The molecule has 0 aromatic rings. The summed E-state index contributed by atoms with van der Waals surface area (Å²) in [5, 5.41) is 10.4. The van der Waals surface area contributed by atoms with Crippen molar-refractivity contribution >= 4 is 17.9 Å². The van der Waals surface area contributed by atoms with Crippen LogP contribution >= 0.6 is 0 Å². The number of aliphatic carboxylic acids is 1. The predicted octanol–water partition coefficient (Wildman–Crippen LogP) is -0.416. The number of hydrogen-bond donors (Lipinski definition) is 2. The van der Waals surface area contributed by atoms with Crippen molar-refractivity contribution in [1.29, 1.82) is 0 Å². The van der Waals surface area contributed by atoms with Crippen LogP contribution in [-0.4, -0.2) is 53.7 Å². The van der Waals surface area contributed by atoms with E-state index in [-0.39, 0.29) is 6.10 Å². The second-order valence-electron chi connectivity index (χ2n) is 3.59. The third-order valence-electron chi connectivity index (χ3n) is 2.14. The number of carboxylic acids is 1. The molecule has 0 aliphatic carbocycles. The zero-order valence-corrected chi connectivity index (χ0v) is 9.38. The molecule has 0 aromatic carbocycles. The molecule has 1 saturated heterocycles. The van der Waals surface area contributed by atoms with Crippen LogP contribution in [0.2, 0.25) is 0 Å². The van der Waals surface area contributed by atoms with Crippen molar-refractivity contribution in [2.45, 2.75) is 13.0 Å². The van der Waals surface area contributed by atoms with Crippen molar-refractivity contribution < 1.29 is 24.2 Å². The van der Waals surface area contributed by atoms with Gasteiger partial charge in [0, 0.05) is 25.2 Å². The van der Waals surface area contributed by atoms with Crippen molar-refractivity contribution in [3.63, 3.8) is 0 Å². The normalized spacial score (nSPS) is 20.3. The van der Waals surface area contributed by atoms with Gasteiger partial charge < -0.3 is 14.7 Å². The van der Waals surface area contributed by atoms with Gasteiger partial charge in [0.2, 0.25) is 0 Å². The lowest BCUT2D eigenvalue weighted by molar-refractivity contribution is -0.131. The van der Waals surface area contributed by atoms with E-state index in [4.69, 9.17) is 9.84 Å². The Balaban J connectivity index is 2.43. The highest BCUT2D eigenvalue weighted by Gasteiger charge is 2.21. The molecule has 1 atom stereocenters. The Morgan fingerprint density at radius 2 is 2.12 bits per heavy atom. The van der Waals surface area contributed by atoms with Crippen LogP contribution in [0.1, 0.15) is 6.92 Å². The summed E-state index contributed by atoms with van der Waals surface area (Å²) >= 11 is 0. The van der Waals surface area contributed by atoms with Crippen molar-refractivity contribution in [1.82, 2.24) is 10.2 Å². The molecule has 0 spiro atoms. The number of hydrogen-bond acceptors (Lipinski definition) is 4. The molecule has 7 nitrogen and oxygen atoms in total. The standard InChI is InChI=1S/C10H14N2O5/c1-7-6-12(4-5-17-7)10(16)11-8(13)2-3-9(14)15/h2-3,7H,4-6H2,1H3,(H,14,15)(H,11,13,16)/b3-2+. The Hall–Kier alpha value is -1.89. The van der Waals surface area contributed by atoms with E-state index in [0.29, 0.717) is 25.8 Å². The smallest absolute Gasteiger partial charge is 0.328 e. The van der Waals surface area contributed by atoms with Gasteiger partial charge in [0.15, 0.2) is 0 Å². The van der Waals surface area contributed by atoms with Gasteiger partial charge in [-0.05, 0) is 6.92 Å². The Morgan fingerprint density at radius 3 is 2.71 bits per heavy atom. The van der Waals surface area contributed by atoms with E-state index in [1.807, 2.05) is 6.92 Å². The minimum Gasteiger partial charge on any atom is -0.478 e. The number of nitrogens with zero attached hydrogens (tertiary/aromatic N) is 1. The number of rotatable bonds is 2. The van der Waals surface area contributed by atoms with Crippen LogP contribution in [0.3, 0.4) is 0 Å². The highest BCUT2D eigenvalue weighted by molar-refractivity contribution is 6.02. The van der Waals surface area contributed by atoms with Crippen LogP contribution < -0.4 is 5.32 Å². The molecule has 1 unspecified atom stereocenters. The van der Waals surface area contributed by atoms with Crippen molar-refractivity contribution in [3.8, 4) is 0 Å². The monoisotopic (exact) mass is 242 g/mol. The average molecular weight is 242 g/mol. The van der Waals surface area contributed by atoms with Gasteiger partial charge in [0.05, 0.1) is 12.7 Å². The van der Waals surface area contributed by atoms with Gasteiger partial charge >= 0.3 is 12.0 Å². The molecular weight excluding hydrogens is 228 g/mol. The molecule has 17 heavy (non-hydrogen) atoms. The fourth-order valence-corrected chi connectivity index (χ4v) is 1.38. The van der Waals surface area contributed by atoms with Gasteiger partial charge in [-0.1, -0.05) is 0 Å². The molecule has 1 fully saturated rings. The van der Waals surface area contributed by atoms with Crippen LogP contribution in [0.15, 0.2) is 12.2 Å². The summed E-state index contributed by atoms with van der Waals surface area (Å²) in [5.41, 5.74) is 0. The molecular formula is C10H14N2O5. The summed E-state index contributed by atoms with van der Waals surface area (Å²) in [5.74, 6) is -2.00. The van der Waals surface area contributed by atoms with Crippen molar-refractivity contribution in [3.05, 3.63) is 12.2 Å². The van der Waals surface area contributed by atoms with Gasteiger partial charge in [-0.3, -0.25) is 10.1 Å². The van der Waals surface area contributed by atoms with Gasteiger partial charge in [-0.2, -0.15) is 0 Å². The maximum atomic E-state index is 11.6. The maximum Gasteiger partial charge on any atom is 0.328 e. The van der Waals surface area contributed by atoms with E-state index in [2.05, 4.69) is 5.32 Å². The number of morpholine rings is 1. The van der Waals surface area contributed by atoms with E-state index >= 15 is 0 Å². The molecule has 2 N–H and O–H groups in total. The van der Waals surface area contributed by atoms with Crippen LogP contribution in [0.5, 0.6) is 0 Å². The lowest BCUT2D eigenvalue weighted by Gasteiger charge is -2.30. The number of imide groups is 1. The van der Waals surface area contributed by atoms with Crippen LogP contribution in [0.4, 0.5) is 4.79 Å². The highest BCUT2D eigenvalue weighted by Crippen LogP contribution is 2.03. The van der Waals surface area contributed by atoms with Crippen molar-refractivity contribution in [2.75, 3.05) is 19.7 Å². The van der Waals surface area contributed by atoms with Crippen LogP contribution in [0.25, 0.3) is 0 Å². The number of amides is 3. The fourth-order valence-electron chi connectivity index (χ4n) is 1.38. The number of carbonyl (C=O) groups excluding carboxylic acids is 2. The molecule has 0 aromatic heterocycles. The minimum absolute atomic E-state index is 0.0702. The third-order valence-corrected chi connectivity index (χ3v) is 2.14. The number of carboxylic acid groups (broad SMARTS) is 1. The first-order chi connectivity index (χ1) is 7.99. The van der Waals surface area contributed by atoms with Gasteiger partial charge in [0.25, 0.3) is 5.91 Å². The molecule has 1 heterocycles. The number of ether oxygens (including phenoxy) is 1. The van der Waals surface area contributed by atoms with Gasteiger partial charge in [-0.25, -0.2) is 9.59 Å². The Labute approximate surface area is 98.0 Å². The summed E-state index contributed by atoms with van der Waals surface area (Å²) in [6, 6.07) is -0.541. The van der Waals surface area contributed by atoms with E-state index < -0.39 is 17.9 Å². The van der Waals surface area contributed by atoms with Gasteiger partial charge in [0.1, 0.15) is 0 Å². The molecule has 0 bridgehead atoms. The highest BCUT2D eigenvalue weighted by atomic mass is 16.5. The van der Waals surface area contributed by atoms with Crippen LogP contribution in [-0.2, 0) is 14.3 Å². The predicted molar refractivity (Wildman–Crippen MR) is 57.3 cm³/mol. The summed E-state index contributed by atoms with van der Waals surface area (Å²) < 4.78 is 5.24. The maximum absolute atomic E-state index is 11.6. The first kappa shape index (κ1) is 13.2. The fraction of sp³-hybridized carbons (Fsp3) is 0.500. The molecule has 0 saturated carbocycles. The molecule has 1 aliphatic rings. The van der Waals surface area contributed by atoms with Crippen molar-refractivity contribution in [2.24, 2.45) is 0 Å². The number of carbonyl (C=O) groups is 3.